The third-order valence-electron chi connectivity index (χ3n) is 4.75. The fourth-order valence-electron chi connectivity index (χ4n) is 3.64. The van der Waals surface area contributed by atoms with Crippen LogP contribution in [0.4, 0.5) is 8.78 Å². The summed E-state index contributed by atoms with van der Waals surface area (Å²) in [5, 5.41) is 0. The molecule has 3 heterocycles. The smallest absolute Gasteiger partial charge is 0.274 e. The van der Waals surface area contributed by atoms with Crippen LogP contribution in [0.5, 0.6) is 0 Å². The topological polar surface area (TPSA) is 75.6 Å². The fraction of sp³-hybridized carbons (Fsp3) is 0.625. The van der Waals surface area contributed by atoms with E-state index in [9.17, 15) is 18.4 Å². The van der Waals surface area contributed by atoms with Crippen LogP contribution in [-0.2, 0) is 9.53 Å². The van der Waals surface area contributed by atoms with E-state index in [4.69, 9.17) is 4.74 Å². The van der Waals surface area contributed by atoms with Gasteiger partial charge in [-0.15, -0.1) is 0 Å². The molecule has 1 aromatic rings. The van der Waals surface area contributed by atoms with E-state index in [0.717, 1.165) is 4.90 Å². The van der Waals surface area contributed by atoms with Crippen LogP contribution in [0.15, 0.2) is 18.6 Å². The summed E-state index contributed by atoms with van der Waals surface area (Å²) < 4.78 is 33.7. The molecule has 136 valence electrons. The standard InChI is InChI=1S/C16H20F2N4O3/c1-25-7-6-21-5-2-15(14(21)24)9-16(17,18)11-22(10-15)13(23)12-8-19-3-4-20-12/h3-4,8H,2,5-7,9-11H2,1H3. The maximum atomic E-state index is 14.4. The van der Waals surface area contributed by atoms with Gasteiger partial charge < -0.3 is 14.5 Å². The highest BCUT2D eigenvalue weighted by molar-refractivity contribution is 5.93. The van der Waals surface area contributed by atoms with Gasteiger partial charge in [0.1, 0.15) is 5.69 Å². The van der Waals surface area contributed by atoms with Crippen LogP contribution in [0.25, 0.3) is 0 Å². The normalized spacial score (nSPS) is 25.6. The van der Waals surface area contributed by atoms with E-state index in [1.807, 2.05) is 0 Å². The second-order valence-electron chi connectivity index (χ2n) is 6.60. The van der Waals surface area contributed by atoms with Gasteiger partial charge in [0.25, 0.3) is 11.8 Å². The first-order valence-electron chi connectivity index (χ1n) is 8.08. The van der Waals surface area contributed by atoms with Crippen LogP contribution in [0.3, 0.4) is 0 Å². The van der Waals surface area contributed by atoms with Crippen molar-refractivity contribution in [2.75, 3.05) is 39.9 Å². The summed E-state index contributed by atoms with van der Waals surface area (Å²) in [5.41, 5.74) is -1.25. The lowest BCUT2D eigenvalue weighted by atomic mass is 9.77. The zero-order valence-corrected chi connectivity index (χ0v) is 14.0. The largest absolute Gasteiger partial charge is 0.383 e. The highest BCUT2D eigenvalue weighted by Crippen LogP contribution is 2.45. The average Bonchev–Trinajstić information content (AvgIpc) is 2.87. The van der Waals surface area contributed by atoms with Crippen molar-refractivity contribution in [3.63, 3.8) is 0 Å². The molecule has 9 heteroatoms. The van der Waals surface area contributed by atoms with Crippen LogP contribution in [0.2, 0.25) is 0 Å². The Balaban J connectivity index is 1.82. The molecule has 7 nitrogen and oxygen atoms in total. The second-order valence-corrected chi connectivity index (χ2v) is 6.60. The molecule has 2 aliphatic heterocycles. The van der Waals surface area contributed by atoms with Crippen molar-refractivity contribution in [3.8, 4) is 0 Å². The van der Waals surface area contributed by atoms with E-state index in [0.29, 0.717) is 26.1 Å². The monoisotopic (exact) mass is 354 g/mol. The number of amides is 2. The predicted molar refractivity (Wildman–Crippen MR) is 83.0 cm³/mol. The van der Waals surface area contributed by atoms with Gasteiger partial charge >= 0.3 is 0 Å². The van der Waals surface area contributed by atoms with Gasteiger partial charge in [-0.05, 0) is 6.42 Å². The Morgan fingerprint density at radius 3 is 2.84 bits per heavy atom. The van der Waals surface area contributed by atoms with Crippen molar-refractivity contribution in [3.05, 3.63) is 24.3 Å². The summed E-state index contributed by atoms with van der Waals surface area (Å²) in [6.45, 7) is 0.364. The van der Waals surface area contributed by atoms with E-state index < -0.39 is 30.2 Å². The van der Waals surface area contributed by atoms with E-state index in [2.05, 4.69) is 9.97 Å². The third kappa shape index (κ3) is 3.46. The third-order valence-corrected chi connectivity index (χ3v) is 4.75. The summed E-state index contributed by atoms with van der Waals surface area (Å²) in [7, 11) is 1.52. The van der Waals surface area contributed by atoms with Crippen molar-refractivity contribution in [2.45, 2.75) is 18.8 Å². The van der Waals surface area contributed by atoms with Crippen molar-refractivity contribution in [2.24, 2.45) is 5.41 Å². The summed E-state index contributed by atoms with van der Waals surface area (Å²) in [6.07, 6.45) is 3.74. The van der Waals surface area contributed by atoms with Crippen molar-refractivity contribution < 1.29 is 23.1 Å². The Hall–Kier alpha value is -2.16. The molecule has 0 aliphatic carbocycles. The molecule has 25 heavy (non-hydrogen) atoms. The lowest BCUT2D eigenvalue weighted by Gasteiger charge is -2.42. The molecule has 0 bridgehead atoms. The Labute approximate surface area is 144 Å². The van der Waals surface area contributed by atoms with Gasteiger partial charge in [0.15, 0.2) is 0 Å². The van der Waals surface area contributed by atoms with Crippen molar-refractivity contribution in [1.29, 1.82) is 0 Å². The summed E-state index contributed by atoms with van der Waals surface area (Å²) in [4.78, 5) is 35.5. The molecule has 1 atom stereocenters. The van der Waals surface area contributed by atoms with Gasteiger partial charge in [0, 0.05) is 45.6 Å². The minimum Gasteiger partial charge on any atom is -0.383 e. The molecule has 1 aromatic heterocycles. The first-order chi connectivity index (χ1) is 11.9. The average molecular weight is 354 g/mol. The first kappa shape index (κ1) is 17.7. The van der Waals surface area contributed by atoms with Crippen LogP contribution < -0.4 is 0 Å². The maximum Gasteiger partial charge on any atom is 0.274 e. The molecular weight excluding hydrogens is 334 g/mol. The predicted octanol–water partition coefficient (Wildman–Crippen LogP) is 0.823. The molecule has 0 aromatic carbocycles. The lowest BCUT2D eigenvalue weighted by Crippen LogP contribution is -2.57. The number of piperidine rings is 1. The van der Waals surface area contributed by atoms with E-state index in [1.54, 1.807) is 0 Å². The zero-order valence-electron chi connectivity index (χ0n) is 14.0. The molecule has 2 saturated heterocycles. The summed E-state index contributed by atoms with van der Waals surface area (Å²) in [5.74, 6) is -4.08. The Bertz CT molecular complexity index is 658. The number of hydrogen-bond acceptors (Lipinski definition) is 5. The van der Waals surface area contributed by atoms with Gasteiger partial charge in [0.05, 0.1) is 24.8 Å². The van der Waals surface area contributed by atoms with Gasteiger partial charge in [-0.25, -0.2) is 13.8 Å². The number of ether oxygens (including phenoxy) is 1. The number of rotatable bonds is 4. The molecule has 2 fully saturated rings. The number of likely N-dealkylation sites (tertiary alicyclic amines) is 2. The number of aromatic nitrogens is 2. The van der Waals surface area contributed by atoms with Gasteiger partial charge in [0.2, 0.25) is 5.91 Å². The molecule has 0 saturated carbocycles. The molecule has 2 amide bonds. The molecule has 1 spiro atoms. The Kier molecular flexibility index (Phi) is 4.68. The molecular formula is C16H20F2N4O3. The lowest BCUT2D eigenvalue weighted by molar-refractivity contribution is -0.151. The molecule has 0 radical (unpaired) electrons. The molecule has 0 N–H and O–H groups in total. The second kappa shape index (κ2) is 6.62. The minimum absolute atomic E-state index is 0.00275. The van der Waals surface area contributed by atoms with Gasteiger partial charge in [-0.3, -0.25) is 14.6 Å². The quantitative estimate of drug-likeness (QED) is 0.800. The Morgan fingerprint density at radius 1 is 1.36 bits per heavy atom. The molecule has 1 unspecified atom stereocenters. The molecule has 2 aliphatic rings. The van der Waals surface area contributed by atoms with Gasteiger partial charge in [-0.1, -0.05) is 0 Å². The summed E-state index contributed by atoms with van der Waals surface area (Å²) >= 11 is 0. The summed E-state index contributed by atoms with van der Waals surface area (Å²) in [6, 6.07) is 0. The van der Waals surface area contributed by atoms with Crippen LogP contribution in [-0.4, -0.2) is 77.4 Å². The number of hydrogen-bond donors (Lipinski definition) is 0. The SMILES string of the molecule is COCCN1CCC2(CN(C(=O)c3cnccn3)CC(F)(F)C2)C1=O. The fourth-order valence-corrected chi connectivity index (χ4v) is 3.64. The number of methoxy groups -OCH3 is 1. The van der Waals surface area contributed by atoms with Crippen molar-refractivity contribution >= 4 is 11.8 Å². The highest BCUT2D eigenvalue weighted by Gasteiger charge is 2.57. The highest BCUT2D eigenvalue weighted by atomic mass is 19.3. The van der Waals surface area contributed by atoms with Gasteiger partial charge in [-0.2, -0.15) is 0 Å². The number of alkyl halides is 2. The van der Waals surface area contributed by atoms with Crippen LogP contribution in [0, 0.1) is 5.41 Å². The van der Waals surface area contributed by atoms with Crippen LogP contribution >= 0.6 is 0 Å². The van der Waals surface area contributed by atoms with Crippen molar-refractivity contribution in [1.82, 2.24) is 19.8 Å². The first-order valence-corrected chi connectivity index (χ1v) is 8.08. The maximum absolute atomic E-state index is 14.4. The Morgan fingerprint density at radius 2 is 2.16 bits per heavy atom. The number of carbonyl (C=O) groups excluding carboxylic acids is 2. The van der Waals surface area contributed by atoms with E-state index in [1.165, 1.54) is 30.6 Å². The van der Waals surface area contributed by atoms with E-state index in [-0.39, 0.29) is 18.1 Å². The minimum atomic E-state index is -3.12. The molecule has 3 rings (SSSR count). The number of nitrogens with zero attached hydrogens (tertiary/aromatic N) is 4. The van der Waals surface area contributed by atoms with E-state index >= 15 is 0 Å². The zero-order chi connectivity index (χ0) is 18.1. The van der Waals surface area contributed by atoms with Crippen LogP contribution in [0.1, 0.15) is 23.3 Å². The number of carbonyl (C=O) groups is 2. The number of halogens is 2.